The molecular weight excluding hydrogens is 260 g/mol. The number of carbonyl (C=O) groups excluding carboxylic acids is 1. The molecule has 1 N–H and O–H groups in total. The molecule has 1 aliphatic carbocycles. The van der Waals surface area contributed by atoms with Crippen molar-refractivity contribution in [1.82, 2.24) is 10.2 Å². The predicted molar refractivity (Wildman–Crippen MR) is 87.9 cm³/mol. The lowest BCUT2D eigenvalue weighted by atomic mass is 9.78. The molecule has 1 saturated carbocycles. The van der Waals surface area contributed by atoms with E-state index in [4.69, 9.17) is 0 Å². The highest BCUT2D eigenvalue weighted by molar-refractivity contribution is 5.84. The summed E-state index contributed by atoms with van der Waals surface area (Å²) in [5, 5.41) is 3.56. The third kappa shape index (κ3) is 3.61. The molecule has 0 aromatic heterocycles. The van der Waals surface area contributed by atoms with Crippen molar-refractivity contribution in [3.05, 3.63) is 0 Å². The van der Waals surface area contributed by atoms with Crippen molar-refractivity contribution >= 4 is 5.91 Å². The molecule has 2 aliphatic rings. The normalized spacial score (nSPS) is 29.1. The van der Waals surface area contributed by atoms with Gasteiger partial charge in [-0.15, -0.1) is 0 Å². The molecule has 3 heteroatoms. The Balaban J connectivity index is 2.15. The minimum absolute atomic E-state index is 0.0369. The van der Waals surface area contributed by atoms with Crippen molar-refractivity contribution in [2.24, 2.45) is 17.3 Å². The van der Waals surface area contributed by atoms with E-state index < -0.39 is 0 Å². The standard InChI is InChI=1S/C18H34N2O/c1-6-15-17(21)20(16(19-15)14(4)5)12-18(11-13(2)3)9-7-8-10-18/h13-16,19H,6-12H2,1-5H3. The van der Waals surface area contributed by atoms with Crippen molar-refractivity contribution in [3.63, 3.8) is 0 Å². The number of carbonyl (C=O) groups is 1. The molecule has 0 bridgehead atoms. The fourth-order valence-electron chi connectivity index (χ4n) is 4.50. The Bertz CT molecular complexity index is 358. The van der Waals surface area contributed by atoms with Crippen LogP contribution in [0.1, 0.15) is 73.1 Å². The summed E-state index contributed by atoms with van der Waals surface area (Å²) < 4.78 is 0. The maximum Gasteiger partial charge on any atom is 0.241 e. The molecule has 2 unspecified atom stereocenters. The van der Waals surface area contributed by atoms with Crippen molar-refractivity contribution < 1.29 is 4.79 Å². The molecular formula is C18H34N2O. The maximum absolute atomic E-state index is 12.7. The summed E-state index contributed by atoms with van der Waals surface area (Å²) in [6.07, 6.45) is 7.67. The van der Waals surface area contributed by atoms with Crippen LogP contribution in [0.4, 0.5) is 0 Å². The number of nitrogens with zero attached hydrogens (tertiary/aromatic N) is 1. The van der Waals surface area contributed by atoms with Gasteiger partial charge in [-0.05, 0) is 42.9 Å². The summed E-state index contributed by atoms with van der Waals surface area (Å²) in [6.45, 7) is 12.2. The van der Waals surface area contributed by atoms with Crippen LogP contribution in [0.15, 0.2) is 0 Å². The van der Waals surface area contributed by atoms with E-state index >= 15 is 0 Å². The summed E-state index contributed by atoms with van der Waals surface area (Å²) in [6, 6.07) is 0.0369. The average Bonchev–Trinajstić information content (AvgIpc) is 2.96. The van der Waals surface area contributed by atoms with Gasteiger partial charge in [-0.3, -0.25) is 10.1 Å². The molecule has 0 radical (unpaired) electrons. The highest BCUT2D eigenvalue weighted by atomic mass is 16.2. The first kappa shape index (κ1) is 16.8. The quantitative estimate of drug-likeness (QED) is 0.808. The molecule has 2 fully saturated rings. The number of amides is 1. The second-order valence-electron chi connectivity index (χ2n) is 8.09. The lowest BCUT2D eigenvalue weighted by Gasteiger charge is -2.38. The zero-order chi connectivity index (χ0) is 15.6. The van der Waals surface area contributed by atoms with E-state index in [0.717, 1.165) is 13.0 Å². The Hall–Kier alpha value is -0.570. The van der Waals surface area contributed by atoms with Crippen LogP contribution in [0.5, 0.6) is 0 Å². The van der Waals surface area contributed by atoms with Crippen molar-refractivity contribution in [2.75, 3.05) is 6.54 Å². The molecule has 1 heterocycles. The van der Waals surface area contributed by atoms with Gasteiger partial charge in [-0.1, -0.05) is 47.5 Å². The summed E-state index contributed by atoms with van der Waals surface area (Å²) >= 11 is 0. The smallest absolute Gasteiger partial charge is 0.241 e. The van der Waals surface area contributed by atoms with E-state index in [2.05, 4.69) is 44.8 Å². The van der Waals surface area contributed by atoms with E-state index in [-0.39, 0.29) is 12.2 Å². The summed E-state index contributed by atoms with van der Waals surface area (Å²) in [5.74, 6) is 1.53. The summed E-state index contributed by atoms with van der Waals surface area (Å²) in [7, 11) is 0. The summed E-state index contributed by atoms with van der Waals surface area (Å²) in [5.41, 5.74) is 0.376. The van der Waals surface area contributed by atoms with Crippen LogP contribution < -0.4 is 5.32 Å². The topological polar surface area (TPSA) is 32.3 Å². The van der Waals surface area contributed by atoms with E-state index in [9.17, 15) is 4.79 Å². The van der Waals surface area contributed by atoms with Gasteiger partial charge >= 0.3 is 0 Å². The molecule has 0 aromatic carbocycles. The SMILES string of the molecule is CCC1NC(C(C)C)N(CC2(CC(C)C)CCCC2)C1=O. The molecule has 3 nitrogen and oxygen atoms in total. The largest absolute Gasteiger partial charge is 0.325 e. The Labute approximate surface area is 130 Å². The van der Waals surface area contributed by atoms with Gasteiger partial charge in [0.2, 0.25) is 5.91 Å². The van der Waals surface area contributed by atoms with Crippen LogP contribution in [0.25, 0.3) is 0 Å². The van der Waals surface area contributed by atoms with Gasteiger partial charge in [0.25, 0.3) is 0 Å². The highest BCUT2D eigenvalue weighted by Crippen LogP contribution is 2.44. The molecule has 1 amide bonds. The highest BCUT2D eigenvalue weighted by Gasteiger charge is 2.44. The zero-order valence-corrected chi connectivity index (χ0v) is 14.6. The van der Waals surface area contributed by atoms with E-state index in [1.54, 1.807) is 0 Å². The second kappa shape index (κ2) is 6.68. The van der Waals surface area contributed by atoms with Gasteiger partial charge in [0.05, 0.1) is 12.2 Å². The fraction of sp³-hybridized carbons (Fsp3) is 0.944. The van der Waals surface area contributed by atoms with Gasteiger partial charge in [0.15, 0.2) is 0 Å². The van der Waals surface area contributed by atoms with Crippen molar-refractivity contribution in [2.45, 2.75) is 85.4 Å². The summed E-state index contributed by atoms with van der Waals surface area (Å²) in [4.78, 5) is 14.9. The van der Waals surface area contributed by atoms with Gasteiger partial charge in [0, 0.05) is 6.54 Å². The van der Waals surface area contributed by atoms with Crippen molar-refractivity contribution in [3.8, 4) is 0 Å². The van der Waals surface area contributed by atoms with Crippen LogP contribution in [0.2, 0.25) is 0 Å². The monoisotopic (exact) mass is 294 g/mol. The first-order chi connectivity index (χ1) is 9.88. The van der Waals surface area contributed by atoms with Crippen LogP contribution >= 0.6 is 0 Å². The molecule has 0 spiro atoms. The third-order valence-corrected chi connectivity index (χ3v) is 5.34. The number of hydrogen-bond acceptors (Lipinski definition) is 2. The van der Waals surface area contributed by atoms with E-state index in [1.807, 2.05) is 0 Å². The first-order valence-electron chi connectivity index (χ1n) is 8.95. The van der Waals surface area contributed by atoms with Crippen LogP contribution in [-0.4, -0.2) is 29.6 Å². The molecule has 122 valence electrons. The van der Waals surface area contributed by atoms with Crippen LogP contribution in [-0.2, 0) is 4.79 Å². The Morgan fingerprint density at radius 2 is 1.86 bits per heavy atom. The Morgan fingerprint density at radius 3 is 2.33 bits per heavy atom. The van der Waals surface area contributed by atoms with Gasteiger partial charge < -0.3 is 4.90 Å². The van der Waals surface area contributed by atoms with Crippen molar-refractivity contribution in [1.29, 1.82) is 0 Å². The second-order valence-corrected chi connectivity index (χ2v) is 8.09. The Morgan fingerprint density at radius 1 is 1.24 bits per heavy atom. The molecule has 2 atom stereocenters. The van der Waals surface area contributed by atoms with E-state index in [0.29, 0.717) is 23.2 Å². The molecule has 1 saturated heterocycles. The predicted octanol–water partition coefficient (Wildman–Crippen LogP) is 3.79. The molecule has 2 rings (SSSR count). The minimum Gasteiger partial charge on any atom is -0.325 e. The number of hydrogen-bond donors (Lipinski definition) is 1. The molecule has 1 aliphatic heterocycles. The van der Waals surface area contributed by atoms with Crippen LogP contribution in [0, 0.1) is 17.3 Å². The fourth-order valence-corrected chi connectivity index (χ4v) is 4.50. The van der Waals surface area contributed by atoms with Gasteiger partial charge in [-0.25, -0.2) is 0 Å². The van der Waals surface area contributed by atoms with Crippen LogP contribution in [0.3, 0.4) is 0 Å². The Kier molecular flexibility index (Phi) is 5.34. The zero-order valence-electron chi connectivity index (χ0n) is 14.6. The van der Waals surface area contributed by atoms with Gasteiger partial charge in [-0.2, -0.15) is 0 Å². The lowest BCUT2D eigenvalue weighted by molar-refractivity contribution is -0.132. The first-order valence-corrected chi connectivity index (χ1v) is 8.95. The molecule has 21 heavy (non-hydrogen) atoms. The average molecular weight is 294 g/mol. The maximum atomic E-state index is 12.7. The lowest BCUT2D eigenvalue weighted by Crippen LogP contribution is -2.46. The third-order valence-electron chi connectivity index (χ3n) is 5.34. The molecule has 0 aromatic rings. The van der Waals surface area contributed by atoms with E-state index in [1.165, 1.54) is 32.1 Å². The van der Waals surface area contributed by atoms with Gasteiger partial charge in [0.1, 0.15) is 0 Å². The number of rotatable bonds is 6. The minimum atomic E-state index is 0.0369. The number of nitrogens with one attached hydrogen (secondary N) is 1.